The number of carboxylic acids is 1. The van der Waals surface area contributed by atoms with Crippen molar-refractivity contribution in [2.24, 2.45) is 0 Å². The van der Waals surface area contributed by atoms with Crippen molar-refractivity contribution < 1.29 is 48.2 Å². The van der Waals surface area contributed by atoms with Gasteiger partial charge in [-0.15, -0.1) is 0 Å². The van der Waals surface area contributed by atoms with Gasteiger partial charge in [-0.2, -0.15) is 0 Å². The minimum absolute atomic E-state index is 0.0104. The van der Waals surface area contributed by atoms with E-state index in [1.165, 1.54) is 29.2 Å². The quantitative estimate of drug-likeness (QED) is 0.238. The van der Waals surface area contributed by atoms with Crippen LogP contribution in [0.3, 0.4) is 0 Å². The van der Waals surface area contributed by atoms with Gasteiger partial charge in [-0.1, -0.05) is 12.1 Å². The second kappa shape index (κ2) is 12.7. The second-order valence-corrected chi connectivity index (χ2v) is 12.9. The zero-order chi connectivity index (χ0) is 31.6. The van der Waals surface area contributed by atoms with Gasteiger partial charge in [0.15, 0.2) is 6.04 Å². The maximum atomic E-state index is 13.4. The molecule has 16 heteroatoms. The Morgan fingerprint density at radius 3 is 2.33 bits per heavy atom. The predicted octanol–water partition coefficient (Wildman–Crippen LogP) is 0.0961. The van der Waals surface area contributed by atoms with Crippen LogP contribution >= 0.6 is 0 Å². The van der Waals surface area contributed by atoms with Gasteiger partial charge in [-0.25, -0.2) is 14.4 Å². The molecule has 15 nitrogen and oxygen atoms in total. The molecule has 1 aromatic carbocycles. The highest BCUT2D eigenvalue weighted by atomic mass is 32.2. The number of nitrogens with zero attached hydrogens (tertiary/aromatic N) is 3. The van der Waals surface area contributed by atoms with E-state index in [-0.39, 0.29) is 22.6 Å². The van der Waals surface area contributed by atoms with Gasteiger partial charge in [0.05, 0.1) is 0 Å². The maximum Gasteiger partial charge on any atom is 0.410 e. The highest BCUT2D eigenvalue weighted by molar-refractivity contribution is 7.92. The lowest BCUT2D eigenvalue weighted by Gasteiger charge is -2.49. The third-order valence-electron chi connectivity index (χ3n) is 6.99. The monoisotopic (exact) mass is 621 g/mol. The number of carboxylic acid groups (broad SMARTS) is 1. The zero-order valence-corrected chi connectivity index (χ0v) is 25.0. The number of carbonyl (C=O) groups excluding carboxylic acids is 4. The molecule has 234 valence electrons. The smallest absolute Gasteiger partial charge is 0.410 e. The van der Waals surface area contributed by atoms with Crippen molar-refractivity contribution in [1.82, 2.24) is 25.3 Å². The molecule has 2 saturated heterocycles. The van der Waals surface area contributed by atoms with E-state index in [0.29, 0.717) is 26.2 Å². The average molecular weight is 622 g/mol. The molecular weight excluding hydrogens is 586 g/mol. The molecule has 0 saturated carbocycles. The van der Waals surface area contributed by atoms with Gasteiger partial charge >= 0.3 is 18.2 Å². The lowest BCUT2D eigenvalue weighted by atomic mass is 10.0. The minimum Gasteiger partial charge on any atom is -0.614 e. The number of piperazine rings is 1. The van der Waals surface area contributed by atoms with Crippen LogP contribution in [0.5, 0.6) is 5.75 Å². The van der Waals surface area contributed by atoms with Crippen LogP contribution in [0, 0.1) is 0 Å². The fraction of sp³-hybridized carbons (Fsp3) is 0.519. The van der Waals surface area contributed by atoms with Gasteiger partial charge in [0.1, 0.15) is 35.4 Å². The molecule has 4 N–H and O–H groups in total. The van der Waals surface area contributed by atoms with Gasteiger partial charge in [-0.05, 0) is 56.7 Å². The average Bonchev–Trinajstić information content (AvgIpc) is 2.92. The second-order valence-electron chi connectivity index (χ2n) is 11.4. The SMILES string of the molecule is CN1CCN(C(=O)OCC2=C(C(=O)O)N3C(=O)C(NC(=O)C(NC(=O)OC(C)(C)C)c4ccc(O)cc4)[C@@H]3[S+]([O-])C2)CC1. The molecule has 2 fully saturated rings. The molecule has 0 bridgehead atoms. The Morgan fingerprint density at radius 1 is 1.12 bits per heavy atom. The summed E-state index contributed by atoms with van der Waals surface area (Å²) in [7, 11) is 1.92. The Morgan fingerprint density at radius 2 is 1.74 bits per heavy atom. The summed E-state index contributed by atoms with van der Waals surface area (Å²) in [6, 6.07) is 2.68. The van der Waals surface area contributed by atoms with E-state index in [2.05, 4.69) is 10.6 Å². The zero-order valence-electron chi connectivity index (χ0n) is 24.2. The number of phenolic OH excluding ortho intramolecular Hbond substituents is 1. The number of rotatable bonds is 7. The number of aromatic hydroxyl groups is 1. The summed E-state index contributed by atoms with van der Waals surface area (Å²) in [4.78, 5) is 68.1. The number of β-lactam (4-membered cyclic amide) rings is 1. The highest BCUT2D eigenvalue weighted by Gasteiger charge is 2.61. The number of benzene rings is 1. The number of likely N-dealkylation sites (N-methyl/N-ethyl adjacent to an activating group) is 1. The van der Waals surface area contributed by atoms with Crippen molar-refractivity contribution in [2.45, 2.75) is 43.8 Å². The summed E-state index contributed by atoms with van der Waals surface area (Å²) in [5.74, 6) is -3.52. The van der Waals surface area contributed by atoms with Crippen LogP contribution in [-0.4, -0.2) is 122 Å². The summed E-state index contributed by atoms with van der Waals surface area (Å²) in [6.45, 7) is 6.63. The van der Waals surface area contributed by atoms with E-state index in [0.717, 1.165) is 4.90 Å². The van der Waals surface area contributed by atoms with Crippen LogP contribution in [0.1, 0.15) is 32.4 Å². The molecule has 0 spiro atoms. The molecule has 0 aromatic heterocycles. The molecule has 0 aliphatic carbocycles. The Hall–Kier alpha value is -4.02. The molecule has 3 aliphatic rings. The largest absolute Gasteiger partial charge is 0.614 e. The number of hydrogen-bond acceptors (Lipinski definition) is 10. The van der Waals surface area contributed by atoms with Gasteiger partial charge in [-0.3, -0.25) is 14.5 Å². The number of amides is 4. The summed E-state index contributed by atoms with van der Waals surface area (Å²) < 4.78 is 23.8. The van der Waals surface area contributed by atoms with Crippen LogP contribution in [0.15, 0.2) is 35.5 Å². The number of nitrogens with one attached hydrogen (secondary N) is 2. The lowest BCUT2D eigenvalue weighted by molar-refractivity contribution is -0.151. The number of aliphatic carboxylic acids is 1. The standard InChI is InChI=1S/C27H35N5O10S/c1-27(2,3)42-25(38)29-18(15-5-7-17(33)8-6-15)21(34)28-19-22(35)32-20(24(36)37)16(14-43(40)23(19)32)13-41-26(39)31-11-9-30(4)10-12-31/h5-8,18-19,23,33H,9-14H2,1-4H3,(H,28,34)(H,29,38)(H,36,37)/t18?,19?,23-,43?/m0/s1. The Labute approximate surface area is 250 Å². The molecule has 0 radical (unpaired) electrons. The predicted molar refractivity (Wildman–Crippen MR) is 151 cm³/mol. The topological polar surface area (TPSA) is 201 Å². The van der Waals surface area contributed by atoms with Gasteiger partial charge in [0, 0.05) is 31.8 Å². The molecule has 3 heterocycles. The van der Waals surface area contributed by atoms with E-state index in [4.69, 9.17) is 9.47 Å². The van der Waals surface area contributed by atoms with Crippen LogP contribution in [0.4, 0.5) is 9.59 Å². The molecular formula is C27H35N5O10S. The first-order valence-electron chi connectivity index (χ1n) is 13.5. The van der Waals surface area contributed by atoms with Crippen molar-refractivity contribution >= 4 is 41.1 Å². The lowest BCUT2D eigenvalue weighted by Crippen LogP contribution is -2.75. The number of hydrogen-bond donors (Lipinski definition) is 4. The number of phenols is 1. The first-order chi connectivity index (χ1) is 20.2. The number of ether oxygens (including phenoxy) is 2. The van der Waals surface area contributed by atoms with Crippen LogP contribution < -0.4 is 10.6 Å². The summed E-state index contributed by atoms with van der Waals surface area (Å²) in [6.07, 6.45) is -1.56. The van der Waals surface area contributed by atoms with E-state index >= 15 is 0 Å². The first-order valence-corrected chi connectivity index (χ1v) is 14.9. The van der Waals surface area contributed by atoms with Gasteiger partial charge in [0.25, 0.3) is 5.91 Å². The third kappa shape index (κ3) is 7.32. The Kier molecular flexibility index (Phi) is 9.41. The highest BCUT2D eigenvalue weighted by Crippen LogP contribution is 2.37. The summed E-state index contributed by atoms with van der Waals surface area (Å²) in [5.41, 5.74) is -1.06. The molecule has 4 atom stereocenters. The number of fused-ring (bicyclic) bond motifs is 1. The minimum atomic E-state index is -1.86. The maximum absolute atomic E-state index is 13.4. The fourth-order valence-electron chi connectivity index (χ4n) is 4.82. The molecule has 4 rings (SSSR count). The molecule has 3 aliphatic heterocycles. The van der Waals surface area contributed by atoms with Gasteiger partial charge < -0.3 is 44.7 Å². The van der Waals surface area contributed by atoms with E-state index in [1.807, 2.05) is 11.9 Å². The Balaban J connectivity index is 1.49. The normalized spacial score (nSPS) is 23.1. The van der Waals surface area contributed by atoms with Crippen molar-refractivity contribution in [1.29, 1.82) is 0 Å². The van der Waals surface area contributed by atoms with E-state index < -0.39 is 76.5 Å². The summed E-state index contributed by atoms with van der Waals surface area (Å²) >= 11 is -1.86. The summed E-state index contributed by atoms with van der Waals surface area (Å²) in [5, 5.41) is 23.3. The fourth-order valence-corrected chi connectivity index (χ4v) is 6.49. The molecule has 3 unspecified atom stereocenters. The van der Waals surface area contributed by atoms with Crippen molar-refractivity contribution in [3.63, 3.8) is 0 Å². The molecule has 43 heavy (non-hydrogen) atoms. The van der Waals surface area contributed by atoms with Crippen molar-refractivity contribution in [3.05, 3.63) is 41.1 Å². The van der Waals surface area contributed by atoms with Crippen molar-refractivity contribution in [3.8, 4) is 5.75 Å². The van der Waals surface area contributed by atoms with Gasteiger partial charge in [0.2, 0.25) is 11.3 Å². The van der Waals surface area contributed by atoms with Crippen LogP contribution in [0.25, 0.3) is 0 Å². The Bertz CT molecular complexity index is 1310. The number of alkyl carbamates (subject to hydrolysis) is 1. The molecule has 1 aromatic rings. The number of carbonyl (C=O) groups is 5. The first kappa shape index (κ1) is 31.9. The van der Waals surface area contributed by atoms with E-state index in [1.54, 1.807) is 20.8 Å². The van der Waals surface area contributed by atoms with Crippen molar-refractivity contribution in [2.75, 3.05) is 45.6 Å². The molecule has 4 amide bonds. The van der Waals surface area contributed by atoms with E-state index in [9.17, 15) is 38.7 Å². The van der Waals surface area contributed by atoms with Crippen LogP contribution in [0.2, 0.25) is 0 Å². The van der Waals surface area contributed by atoms with Crippen LogP contribution in [-0.2, 0) is 35.0 Å². The third-order valence-corrected chi connectivity index (χ3v) is 8.64.